The summed E-state index contributed by atoms with van der Waals surface area (Å²) in [7, 11) is 0. The van der Waals surface area contributed by atoms with E-state index in [9.17, 15) is 14.8 Å². The molecule has 1 heterocycles. The number of ether oxygens (including phenoxy) is 1. The van der Waals surface area contributed by atoms with Crippen molar-refractivity contribution in [3.05, 3.63) is 63.9 Å². The van der Waals surface area contributed by atoms with E-state index in [0.717, 1.165) is 17.7 Å². The highest BCUT2D eigenvalue weighted by Gasteiger charge is 2.11. The number of benzene rings is 1. The smallest absolute Gasteiger partial charge is 0.336 e. The van der Waals surface area contributed by atoms with Crippen molar-refractivity contribution in [1.29, 1.82) is 0 Å². The zero-order chi connectivity index (χ0) is 13.8. The number of hydrogen-bond acceptors (Lipinski definition) is 4. The van der Waals surface area contributed by atoms with Crippen LogP contribution in [0.5, 0.6) is 5.88 Å². The van der Waals surface area contributed by atoms with E-state index in [2.05, 4.69) is 0 Å². The maximum absolute atomic E-state index is 11.3. The van der Waals surface area contributed by atoms with Crippen LogP contribution < -0.4 is 10.3 Å². The number of aromatic carboxylic acids is 1. The predicted octanol–water partition coefficient (Wildman–Crippen LogP) is 1.36. The Labute approximate surface area is 108 Å². The van der Waals surface area contributed by atoms with Crippen molar-refractivity contribution in [1.82, 2.24) is 4.73 Å². The average Bonchev–Trinajstić information content (AvgIpc) is 2.41. The number of hydrogen-bond donors (Lipinski definition) is 2. The zero-order valence-electron chi connectivity index (χ0n) is 9.81. The lowest BCUT2D eigenvalue weighted by Crippen LogP contribution is -2.21. The van der Waals surface area contributed by atoms with Crippen LogP contribution in [0.3, 0.4) is 0 Å². The van der Waals surface area contributed by atoms with Crippen molar-refractivity contribution >= 4 is 5.97 Å². The fourth-order valence-electron chi connectivity index (χ4n) is 1.50. The third kappa shape index (κ3) is 2.92. The SMILES string of the molecule is O=C(O)c1cc(OCc2ccccc2)n(O)c(=O)c1. The van der Waals surface area contributed by atoms with E-state index < -0.39 is 11.5 Å². The van der Waals surface area contributed by atoms with E-state index in [1.807, 2.05) is 18.2 Å². The van der Waals surface area contributed by atoms with E-state index in [0.29, 0.717) is 0 Å². The van der Waals surface area contributed by atoms with Crippen LogP contribution in [0.1, 0.15) is 15.9 Å². The lowest BCUT2D eigenvalue weighted by Gasteiger charge is -2.09. The van der Waals surface area contributed by atoms with Gasteiger partial charge in [-0.3, -0.25) is 4.79 Å². The standard InChI is InChI=1S/C13H11NO5/c15-11-6-10(13(16)17)7-12(14(11)18)19-8-9-4-2-1-3-5-9/h1-7,18H,8H2,(H,16,17). The summed E-state index contributed by atoms with van der Waals surface area (Å²) >= 11 is 0. The summed E-state index contributed by atoms with van der Waals surface area (Å²) in [4.78, 5) is 22.2. The summed E-state index contributed by atoms with van der Waals surface area (Å²) in [6, 6.07) is 11.0. The van der Waals surface area contributed by atoms with Crippen LogP contribution in [0.4, 0.5) is 0 Å². The Balaban J connectivity index is 2.25. The van der Waals surface area contributed by atoms with Gasteiger partial charge in [-0.2, -0.15) is 0 Å². The van der Waals surface area contributed by atoms with Crippen LogP contribution in [0, 0.1) is 0 Å². The molecular formula is C13H11NO5. The fourth-order valence-corrected chi connectivity index (χ4v) is 1.50. The van der Waals surface area contributed by atoms with E-state index in [1.54, 1.807) is 12.1 Å². The van der Waals surface area contributed by atoms with Crippen LogP contribution in [-0.2, 0) is 6.61 Å². The van der Waals surface area contributed by atoms with Crippen LogP contribution in [0.2, 0.25) is 0 Å². The molecule has 2 N–H and O–H groups in total. The number of carboxylic acid groups (broad SMARTS) is 1. The van der Waals surface area contributed by atoms with Gasteiger partial charge in [-0.05, 0) is 5.56 Å². The molecule has 1 aromatic heterocycles. The van der Waals surface area contributed by atoms with Crippen molar-refractivity contribution in [3.63, 3.8) is 0 Å². The highest BCUT2D eigenvalue weighted by molar-refractivity contribution is 5.87. The van der Waals surface area contributed by atoms with Crippen molar-refractivity contribution < 1.29 is 19.8 Å². The Morgan fingerprint density at radius 1 is 1.21 bits per heavy atom. The summed E-state index contributed by atoms with van der Waals surface area (Å²) in [6.07, 6.45) is 0. The van der Waals surface area contributed by atoms with Crippen LogP contribution in [0.15, 0.2) is 47.3 Å². The van der Waals surface area contributed by atoms with Gasteiger partial charge in [-0.1, -0.05) is 30.3 Å². The minimum atomic E-state index is -1.26. The second-order valence-corrected chi connectivity index (χ2v) is 3.81. The first-order valence-corrected chi connectivity index (χ1v) is 5.44. The molecule has 2 aromatic rings. The third-order valence-electron chi connectivity index (χ3n) is 2.45. The fraction of sp³-hybridized carbons (Fsp3) is 0.0769. The minimum Gasteiger partial charge on any atom is -0.478 e. The zero-order valence-corrected chi connectivity index (χ0v) is 9.81. The van der Waals surface area contributed by atoms with Crippen molar-refractivity contribution in [3.8, 4) is 5.88 Å². The quantitative estimate of drug-likeness (QED) is 0.811. The van der Waals surface area contributed by atoms with E-state index in [1.165, 1.54) is 0 Å². The monoisotopic (exact) mass is 261 g/mol. The molecule has 0 saturated carbocycles. The molecule has 0 radical (unpaired) electrons. The summed E-state index contributed by atoms with van der Waals surface area (Å²) in [5.74, 6) is -1.48. The molecule has 19 heavy (non-hydrogen) atoms. The summed E-state index contributed by atoms with van der Waals surface area (Å²) in [5.41, 5.74) is -0.267. The highest BCUT2D eigenvalue weighted by atomic mass is 16.6. The Kier molecular flexibility index (Phi) is 3.51. The second-order valence-electron chi connectivity index (χ2n) is 3.81. The van der Waals surface area contributed by atoms with Crippen molar-refractivity contribution in [2.75, 3.05) is 0 Å². The molecule has 0 atom stereocenters. The third-order valence-corrected chi connectivity index (χ3v) is 2.45. The van der Waals surface area contributed by atoms with Gasteiger partial charge in [0.2, 0.25) is 5.88 Å². The second kappa shape index (κ2) is 5.26. The number of carbonyl (C=O) groups is 1. The first kappa shape index (κ1) is 12.7. The van der Waals surface area contributed by atoms with Crippen LogP contribution in [0.25, 0.3) is 0 Å². The van der Waals surface area contributed by atoms with Crippen molar-refractivity contribution in [2.24, 2.45) is 0 Å². The van der Waals surface area contributed by atoms with Gasteiger partial charge >= 0.3 is 5.97 Å². The first-order valence-electron chi connectivity index (χ1n) is 5.44. The maximum atomic E-state index is 11.3. The molecular weight excluding hydrogens is 250 g/mol. The van der Waals surface area contributed by atoms with Gasteiger partial charge in [0, 0.05) is 12.1 Å². The van der Waals surface area contributed by atoms with Crippen molar-refractivity contribution in [2.45, 2.75) is 6.61 Å². The lowest BCUT2D eigenvalue weighted by molar-refractivity contribution is 0.0692. The molecule has 0 aliphatic heterocycles. The highest BCUT2D eigenvalue weighted by Crippen LogP contribution is 2.12. The Morgan fingerprint density at radius 2 is 1.89 bits per heavy atom. The molecule has 0 saturated heterocycles. The molecule has 0 aliphatic carbocycles. The maximum Gasteiger partial charge on any atom is 0.336 e. The van der Waals surface area contributed by atoms with Gasteiger partial charge in [-0.25, -0.2) is 4.79 Å². The summed E-state index contributed by atoms with van der Waals surface area (Å²) < 4.78 is 5.52. The van der Waals surface area contributed by atoms with Gasteiger partial charge in [0.05, 0.1) is 5.56 Å². The number of nitrogens with zero attached hydrogens (tertiary/aromatic N) is 1. The summed E-state index contributed by atoms with van der Waals surface area (Å²) in [5, 5.41) is 18.3. The average molecular weight is 261 g/mol. The Hall–Kier alpha value is -2.76. The largest absolute Gasteiger partial charge is 0.478 e. The van der Waals surface area contributed by atoms with E-state index >= 15 is 0 Å². The molecule has 6 nitrogen and oxygen atoms in total. The predicted molar refractivity (Wildman–Crippen MR) is 65.6 cm³/mol. The summed E-state index contributed by atoms with van der Waals surface area (Å²) in [6.45, 7) is 0.115. The van der Waals surface area contributed by atoms with Gasteiger partial charge in [0.15, 0.2) is 0 Å². The van der Waals surface area contributed by atoms with Gasteiger partial charge in [-0.15, -0.1) is 4.73 Å². The molecule has 6 heteroatoms. The van der Waals surface area contributed by atoms with Gasteiger partial charge in [0.25, 0.3) is 5.56 Å². The Morgan fingerprint density at radius 3 is 2.53 bits per heavy atom. The van der Waals surface area contributed by atoms with Crippen LogP contribution in [-0.4, -0.2) is 21.0 Å². The molecule has 98 valence electrons. The molecule has 0 amide bonds. The molecule has 0 fully saturated rings. The Bertz CT molecular complexity index is 648. The lowest BCUT2D eigenvalue weighted by atomic mass is 10.2. The topological polar surface area (TPSA) is 88.8 Å². The molecule has 1 aromatic carbocycles. The molecule has 0 aliphatic rings. The number of rotatable bonds is 4. The molecule has 0 unspecified atom stereocenters. The first-order chi connectivity index (χ1) is 9.08. The van der Waals surface area contributed by atoms with Gasteiger partial charge in [0.1, 0.15) is 6.61 Å². The normalized spacial score (nSPS) is 10.1. The molecule has 0 bridgehead atoms. The van der Waals surface area contributed by atoms with E-state index in [4.69, 9.17) is 9.84 Å². The van der Waals surface area contributed by atoms with Gasteiger partial charge < -0.3 is 15.1 Å². The molecule has 2 rings (SSSR count). The molecule has 0 spiro atoms. The minimum absolute atomic E-state index is 0.115. The van der Waals surface area contributed by atoms with E-state index in [-0.39, 0.29) is 22.8 Å². The number of aromatic nitrogens is 1. The van der Waals surface area contributed by atoms with Crippen LogP contribution >= 0.6 is 0 Å². The number of carboxylic acids is 1. The number of pyridine rings is 1.